The Morgan fingerprint density at radius 1 is 1.53 bits per heavy atom. The molecule has 0 aromatic carbocycles. The van der Waals surface area contributed by atoms with Crippen molar-refractivity contribution >= 4 is 0 Å². The summed E-state index contributed by atoms with van der Waals surface area (Å²) in [6.07, 6.45) is 3.24. The first-order valence-corrected chi connectivity index (χ1v) is 5.40. The number of rotatable bonds is 4. The van der Waals surface area contributed by atoms with Crippen molar-refractivity contribution in [2.45, 2.75) is 38.3 Å². The second-order valence-corrected chi connectivity index (χ2v) is 3.88. The smallest absolute Gasteiger partial charge is 0.233 e. The van der Waals surface area contributed by atoms with Crippen LogP contribution in [0.4, 0.5) is 0 Å². The summed E-state index contributed by atoms with van der Waals surface area (Å²) < 4.78 is 11.0. The van der Waals surface area contributed by atoms with Crippen LogP contribution in [0.1, 0.15) is 37.6 Å². The van der Waals surface area contributed by atoms with Gasteiger partial charge >= 0.3 is 0 Å². The van der Waals surface area contributed by atoms with Crippen LogP contribution in [-0.2, 0) is 11.2 Å². The molecule has 2 unspecified atom stereocenters. The molecule has 1 fully saturated rings. The Kier molecular flexibility index (Phi) is 3.33. The van der Waals surface area contributed by atoms with E-state index in [1.54, 1.807) is 0 Å². The van der Waals surface area contributed by atoms with E-state index in [9.17, 15) is 0 Å². The van der Waals surface area contributed by atoms with E-state index in [4.69, 9.17) is 9.15 Å². The third kappa shape index (κ3) is 2.54. The van der Waals surface area contributed by atoms with E-state index in [1.165, 1.54) is 0 Å². The van der Waals surface area contributed by atoms with Crippen molar-refractivity contribution in [2.75, 3.05) is 13.7 Å². The van der Waals surface area contributed by atoms with E-state index in [0.717, 1.165) is 25.9 Å². The quantitative estimate of drug-likeness (QED) is 0.807. The number of hydrogen-bond acceptors (Lipinski definition) is 5. The van der Waals surface area contributed by atoms with Crippen molar-refractivity contribution in [1.82, 2.24) is 15.5 Å². The molecule has 1 aromatic heterocycles. The highest BCUT2D eigenvalue weighted by atomic mass is 16.5. The van der Waals surface area contributed by atoms with E-state index >= 15 is 0 Å². The molecule has 5 nitrogen and oxygen atoms in total. The first-order chi connectivity index (χ1) is 7.29. The normalized spacial score (nSPS) is 23.2. The number of hydrogen-bond donors (Lipinski definition) is 1. The summed E-state index contributed by atoms with van der Waals surface area (Å²) in [7, 11) is 1.87. The van der Waals surface area contributed by atoms with Gasteiger partial charge in [-0.25, -0.2) is 0 Å². The Morgan fingerprint density at radius 3 is 3.07 bits per heavy atom. The molecule has 5 heteroatoms. The second-order valence-electron chi connectivity index (χ2n) is 3.88. The molecule has 1 aromatic rings. The molecule has 1 N–H and O–H groups in total. The molecule has 0 saturated carbocycles. The summed E-state index contributed by atoms with van der Waals surface area (Å²) in [6, 6.07) is 0.107. The van der Waals surface area contributed by atoms with Gasteiger partial charge in [-0.15, -0.1) is 10.2 Å². The zero-order chi connectivity index (χ0) is 10.7. The van der Waals surface area contributed by atoms with Gasteiger partial charge in [0.25, 0.3) is 0 Å². The average molecular weight is 211 g/mol. The second kappa shape index (κ2) is 4.72. The summed E-state index contributed by atoms with van der Waals surface area (Å²) in [5.41, 5.74) is 0. The van der Waals surface area contributed by atoms with Crippen LogP contribution < -0.4 is 5.32 Å². The van der Waals surface area contributed by atoms with Crippen LogP contribution >= 0.6 is 0 Å². The van der Waals surface area contributed by atoms with Crippen LogP contribution in [0.15, 0.2) is 4.42 Å². The minimum absolute atomic E-state index is 0.107. The summed E-state index contributed by atoms with van der Waals surface area (Å²) >= 11 is 0. The van der Waals surface area contributed by atoms with Crippen LogP contribution in [0.3, 0.4) is 0 Å². The minimum Gasteiger partial charge on any atom is -0.423 e. The molecule has 15 heavy (non-hydrogen) atoms. The fourth-order valence-corrected chi connectivity index (χ4v) is 1.65. The highest BCUT2D eigenvalue weighted by molar-refractivity contribution is 4.89. The van der Waals surface area contributed by atoms with Crippen LogP contribution in [0, 0.1) is 0 Å². The maximum atomic E-state index is 5.53. The van der Waals surface area contributed by atoms with Crippen molar-refractivity contribution in [3.05, 3.63) is 11.8 Å². The topological polar surface area (TPSA) is 60.2 Å². The fraction of sp³-hybridized carbons (Fsp3) is 0.800. The van der Waals surface area contributed by atoms with Gasteiger partial charge in [-0.05, 0) is 26.8 Å². The molecule has 0 spiro atoms. The summed E-state index contributed by atoms with van der Waals surface area (Å²) in [5, 5.41) is 11.1. The average Bonchev–Trinajstić information content (AvgIpc) is 2.88. The minimum atomic E-state index is 0.107. The molecule has 2 rings (SSSR count). The number of nitrogens with one attached hydrogen (secondary N) is 1. The molecule has 1 saturated heterocycles. The molecule has 1 aliphatic rings. The van der Waals surface area contributed by atoms with E-state index in [1.807, 2.05) is 14.0 Å². The molecule has 0 bridgehead atoms. The molecular formula is C10H17N3O2. The van der Waals surface area contributed by atoms with Gasteiger partial charge in [-0.3, -0.25) is 0 Å². The highest BCUT2D eigenvalue weighted by Gasteiger charge is 2.20. The lowest BCUT2D eigenvalue weighted by Crippen LogP contribution is -2.12. The summed E-state index contributed by atoms with van der Waals surface area (Å²) in [6.45, 7) is 2.85. The number of nitrogens with zero attached hydrogens (tertiary/aromatic N) is 2. The van der Waals surface area contributed by atoms with Crippen LogP contribution in [0.5, 0.6) is 0 Å². The van der Waals surface area contributed by atoms with Crippen LogP contribution in [0.2, 0.25) is 0 Å². The lowest BCUT2D eigenvalue weighted by Gasteiger charge is -2.05. The maximum Gasteiger partial charge on any atom is 0.233 e. The Morgan fingerprint density at radius 2 is 2.40 bits per heavy atom. The first kappa shape index (κ1) is 10.6. The highest BCUT2D eigenvalue weighted by Crippen LogP contribution is 2.17. The Labute approximate surface area is 89.2 Å². The number of aromatic nitrogens is 2. The molecule has 0 aliphatic carbocycles. The third-order valence-corrected chi connectivity index (χ3v) is 2.71. The van der Waals surface area contributed by atoms with E-state index in [2.05, 4.69) is 15.5 Å². The van der Waals surface area contributed by atoms with Gasteiger partial charge < -0.3 is 14.5 Å². The fourth-order valence-electron chi connectivity index (χ4n) is 1.65. The van der Waals surface area contributed by atoms with Gasteiger partial charge in [-0.2, -0.15) is 0 Å². The SMILES string of the molecule is CNC(C)c1nnc(CC2CCCO2)o1. The molecule has 0 amide bonds. The van der Waals surface area contributed by atoms with Gasteiger partial charge in [0.2, 0.25) is 11.8 Å². The predicted octanol–water partition coefficient (Wildman–Crippen LogP) is 1.07. The monoisotopic (exact) mass is 211 g/mol. The predicted molar refractivity (Wildman–Crippen MR) is 54.5 cm³/mol. The lowest BCUT2D eigenvalue weighted by molar-refractivity contribution is 0.105. The number of ether oxygens (including phenoxy) is 1. The molecule has 2 atom stereocenters. The molecule has 1 aliphatic heterocycles. The lowest BCUT2D eigenvalue weighted by atomic mass is 10.2. The van der Waals surface area contributed by atoms with Crippen molar-refractivity contribution in [3.63, 3.8) is 0 Å². The van der Waals surface area contributed by atoms with Gasteiger partial charge in [0.15, 0.2) is 0 Å². The zero-order valence-electron chi connectivity index (χ0n) is 9.19. The van der Waals surface area contributed by atoms with E-state index in [0.29, 0.717) is 11.8 Å². The standard InChI is InChI=1S/C10H17N3O2/c1-7(11-2)10-13-12-9(15-10)6-8-4-3-5-14-8/h7-8,11H,3-6H2,1-2H3. The Bertz CT molecular complexity index is 307. The summed E-state index contributed by atoms with van der Waals surface area (Å²) in [5.74, 6) is 1.32. The molecule has 0 radical (unpaired) electrons. The third-order valence-electron chi connectivity index (χ3n) is 2.71. The van der Waals surface area contributed by atoms with Crippen LogP contribution in [0.25, 0.3) is 0 Å². The zero-order valence-corrected chi connectivity index (χ0v) is 9.19. The molecule has 2 heterocycles. The maximum absolute atomic E-state index is 5.53. The van der Waals surface area contributed by atoms with Crippen molar-refractivity contribution < 1.29 is 9.15 Å². The van der Waals surface area contributed by atoms with Crippen molar-refractivity contribution in [1.29, 1.82) is 0 Å². The van der Waals surface area contributed by atoms with Gasteiger partial charge in [0, 0.05) is 6.61 Å². The van der Waals surface area contributed by atoms with Gasteiger partial charge in [0.1, 0.15) is 0 Å². The molecule has 84 valence electrons. The van der Waals surface area contributed by atoms with Crippen molar-refractivity contribution in [2.24, 2.45) is 0 Å². The Balaban J connectivity index is 1.94. The Hall–Kier alpha value is -0.940. The van der Waals surface area contributed by atoms with Gasteiger partial charge in [0.05, 0.1) is 18.6 Å². The largest absolute Gasteiger partial charge is 0.423 e. The summed E-state index contributed by atoms with van der Waals surface area (Å²) in [4.78, 5) is 0. The van der Waals surface area contributed by atoms with Gasteiger partial charge in [-0.1, -0.05) is 0 Å². The van der Waals surface area contributed by atoms with E-state index < -0.39 is 0 Å². The van der Waals surface area contributed by atoms with E-state index in [-0.39, 0.29) is 12.1 Å². The molecular weight excluding hydrogens is 194 g/mol. The van der Waals surface area contributed by atoms with Crippen LogP contribution in [-0.4, -0.2) is 30.0 Å². The van der Waals surface area contributed by atoms with Crippen molar-refractivity contribution in [3.8, 4) is 0 Å². The first-order valence-electron chi connectivity index (χ1n) is 5.40.